The minimum Gasteiger partial charge on any atom is -0.354 e. The van der Waals surface area contributed by atoms with Gasteiger partial charge in [0, 0.05) is 29.9 Å². The number of nitrogens with one attached hydrogen (secondary N) is 1. The molecule has 4 rings (SSSR count). The van der Waals surface area contributed by atoms with Crippen LogP contribution in [0, 0.1) is 0 Å². The summed E-state index contributed by atoms with van der Waals surface area (Å²) in [5, 5.41) is 13.6. The Hall–Kier alpha value is -3.50. The number of carbonyl (C=O) groups excluding carboxylic acids is 1. The number of nitrogens with zero attached hydrogens (tertiary/aromatic N) is 3. The lowest BCUT2D eigenvalue weighted by Gasteiger charge is -2.09. The minimum atomic E-state index is -3.73. The summed E-state index contributed by atoms with van der Waals surface area (Å²) in [6, 6.07) is 13.7. The summed E-state index contributed by atoms with van der Waals surface area (Å²) in [6.07, 6.45) is 2.16. The van der Waals surface area contributed by atoms with E-state index in [1.165, 1.54) is 16.8 Å². The highest BCUT2D eigenvalue weighted by Gasteiger charge is 2.16. The number of fused-ring (bicyclic) bond motifs is 3. The van der Waals surface area contributed by atoms with Gasteiger partial charge in [-0.15, -0.1) is 0 Å². The molecular formula is C21H21N5O4S. The van der Waals surface area contributed by atoms with Crippen molar-refractivity contribution < 1.29 is 13.2 Å². The topological polar surface area (TPSA) is 129 Å². The number of carbonyl (C=O) groups is 1. The molecule has 0 aliphatic heterocycles. The molecule has 0 aliphatic carbocycles. The SMILES string of the molecule is Cn1ncc2c3ccccc3n(CC(=O)NCCc3ccc(S(N)(=O)=O)cc3)c2c1=O. The quantitative estimate of drug-likeness (QED) is 0.461. The van der Waals surface area contributed by atoms with Crippen molar-refractivity contribution in [3.63, 3.8) is 0 Å². The maximum absolute atomic E-state index is 12.7. The molecule has 2 aromatic heterocycles. The number of sulfonamides is 1. The van der Waals surface area contributed by atoms with Crippen LogP contribution in [-0.4, -0.2) is 35.2 Å². The third-order valence-electron chi connectivity index (χ3n) is 5.16. The van der Waals surface area contributed by atoms with E-state index < -0.39 is 10.0 Å². The summed E-state index contributed by atoms with van der Waals surface area (Å²) in [7, 11) is -2.15. The summed E-state index contributed by atoms with van der Waals surface area (Å²) >= 11 is 0. The molecule has 0 saturated heterocycles. The van der Waals surface area contributed by atoms with Gasteiger partial charge in [-0.3, -0.25) is 9.59 Å². The van der Waals surface area contributed by atoms with Crippen molar-refractivity contribution in [2.24, 2.45) is 12.2 Å². The Morgan fingerprint density at radius 3 is 2.52 bits per heavy atom. The Labute approximate surface area is 178 Å². The van der Waals surface area contributed by atoms with Gasteiger partial charge in [-0.2, -0.15) is 5.10 Å². The van der Waals surface area contributed by atoms with Crippen molar-refractivity contribution >= 4 is 37.7 Å². The molecule has 3 N–H and O–H groups in total. The van der Waals surface area contributed by atoms with Gasteiger partial charge in [0.15, 0.2) is 0 Å². The van der Waals surface area contributed by atoms with E-state index in [2.05, 4.69) is 10.4 Å². The predicted octanol–water partition coefficient (Wildman–Crippen LogP) is 0.895. The molecule has 10 heteroatoms. The highest BCUT2D eigenvalue weighted by Crippen LogP contribution is 2.25. The van der Waals surface area contributed by atoms with Crippen LogP contribution in [0.5, 0.6) is 0 Å². The highest BCUT2D eigenvalue weighted by molar-refractivity contribution is 7.89. The number of para-hydroxylation sites is 1. The van der Waals surface area contributed by atoms with Gasteiger partial charge in [0.25, 0.3) is 5.56 Å². The second-order valence-electron chi connectivity index (χ2n) is 7.23. The maximum atomic E-state index is 12.7. The molecule has 0 bridgehead atoms. The van der Waals surface area contributed by atoms with Crippen molar-refractivity contribution in [3.05, 3.63) is 70.6 Å². The number of benzene rings is 2. The Bertz CT molecular complexity index is 1450. The average molecular weight is 439 g/mol. The van der Waals surface area contributed by atoms with E-state index in [9.17, 15) is 18.0 Å². The van der Waals surface area contributed by atoms with Crippen molar-refractivity contribution in [3.8, 4) is 0 Å². The molecule has 0 atom stereocenters. The zero-order valence-corrected chi connectivity index (χ0v) is 17.6. The fraction of sp³-hybridized carbons (Fsp3) is 0.190. The summed E-state index contributed by atoms with van der Waals surface area (Å²) in [6.45, 7) is 0.359. The molecule has 0 radical (unpaired) electrons. The number of nitrogens with two attached hydrogens (primary N) is 1. The Morgan fingerprint density at radius 2 is 1.81 bits per heavy atom. The molecule has 9 nitrogen and oxygen atoms in total. The van der Waals surface area contributed by atoms with Crippen LogP contribution in [0.2, 0.25) is 0 Å². The van der Waals surface area contributed by atoms with Crippen LogP contribution in [0.4, 0.5) is 0 Å². The first-order valence-corrected chi connectivity index (χ1v) is 11.1. The van der Waals surface area contributed by atoms with Crippen LogP contribution >= 0.6 is 0 Å². The number of aryl methyl sites for hydroxylation is 1. The Balaban J connectivity index is 1.51. The number of hydrogen-bond acceptors (Lipinski definition) is 5. The van der Waals surface area contributed by atoms with E-state index in [0.717, 1.165) is 16.5 Å². The first-order valence-electron chi connectivity index (χ1n) is 9.57. The zero-order chi connectivity index (χ0) is 22.2. The third-order valence-corrected chi connectivity index (χ3v) is 6.09. The summed E-state index contributed by atoms with van der Waals surface area (Å²) < 4.78 is 25.6. The third kappa shape index (κ3) is 4.07. The van der Waals surface area contributed by atoms with E-state index in [-0.39, 0.29) is 22.9 Å². The molecule has 0 aliphatic rings. The molecule has 0 fully saturated rings. The predicted molar refractivity (Wildman–Crippen MR) is 117 cm³/mol. The molecule has 4 aromatic rings. The van der Waals surface area contributed by atoms with E-state index in [1.807, 2.05) is 24.3 Å². The second kappa shape index (κ2) is 7.97. The van der Waals surface area contributed by atoms with E-state index >= 15 is 0 Å². The van der Waals surface area contributed by atoms with Gasteiger partial charge >= 0.3 is 0 Å². The van der Waals surface area contributed by atoms with Crippen LogP contribution in [0.25, 0.3) is 21.8 Å². The molecule has 2 heterocycles. The largest absolute Gasteiger partial charge is 0.354 e. The zero-order valence-electron chi connectivity index (χ0n) is 16.8. The Morgan fingerprint density at radius 1 is 1.10 bits per heavy atom. The van der Waals surface area contributed by atoms with Crippen molar-refractivity contribution in [1.82, 2.24) is 19.7 Å². The van der Waals surface area contributed by atoms with Gasteiger partial charge in [0.1, 0.15) is 12.1 Å². The molecule has 1 amide bonds. The fourth-order valence-corrected chi connectivity index (χ4v) is 4.11. The van der Waals surface area contributed by atoms with Crippen molar-refractivity contribution in [1.29, 1.82) is 0 Å². The average Bonchev–Trinajstić information content (AvgIpc) is 3.05. The standard InChI is InChI=1S/C21H21N5O4S/c1-25-21(28)20-17(12-24-25)16-4-2-3-5-18(16)26(20)13-19(27)23-11-10-14-6-8-15(9-7-14)31(22,29)30/h2-9,12H,10-11,13H2,1H3,(H,23,27)(H2,22,29,30). The van der Waals surface area contributed by atoms with Gasteiger partial charge in [0.05, 0.1) is 11.1 Å². The number of primary sulfonamides is 1. The van der Waals surface area contributed by atoms with Crippen LogP contribution < -0.4 is 16.0 Å². The van der Waals surface area contributed by atoms with Crippen LogP contribution in [0.1, 0.15) is 5.56 Å². The van der Waals surface area contributed by atoms with Gasteiger partial charge < -0.3 is 9.88 Å². The van der Waals surface area contributed by atoms with Crippen molar-refractivity contribution in [2.75, 3.05) is 6.54 Å². The lowest BCUT2D eigenvalue weighted by Crippen LogP contribution is -2.30. The highest BCUT2D eigenvalue weighted by atomic mass is 32.2. The number of hydrogen-bond donors (Lipinski definition) is 2. The lowest BCUT2D eigenvalue weighted by molar-refractivity contribution is -0.121. The molecule has 2 aromatic carbocycles. The normalized spacial score (nSPS) is 11.8. The summed E-state index contributed by atoms with van der Waals surface area (Å²) in [5.74, 6) is -0.234. The number of amides is 1. The van der Waals surface area contributed by atoms with Gasteiger partial charge in [-0.05, 0) is 30.2 Å². The monoisotopic (exact) mass is 439 g/mol. The van der Waals surface area contributed by atoms with Crippen molar-refractivity contribution in [2.45, 2.75) is 17.9 Å². The first-order chi connectivity index (χ1) is 14.8. The first kappa shape index (κ1) is 20.8. The maximum Gasteiger partial charge on any atom is 0.291 e. The molecule has 160 valence electrons. The lowest BCUT2D eigenvalue weighted by atomic mass is 10.1. The van der Waals surface area contributed by atoms with E-state index in [0.29, 0.717) is 23.9 Å². The number of aromatic nitrogens is 3. The summed E-state index contributed by atoms with van der Waals surface area (Å²) in [4.78, 5) is 25.4. The van der Waals surface area contributed by atoms with E-state index in [4.69, 9.17) is 5.14 Å². The molecule has 31 heavy (non-hydrogen) atoms. The van der Waals surface area contributed by atoms with Gasteiger partial charge in [-0.1, -0.05) is 30.3 Å². The second-order valence-corrected chi connectivity index (χ2v) is 8.79. The van der Waals surface area contributed by atoms with Crippen LogP contribution in [-0.2, 0) is 34.8 Å². The molecule has 0 saturated carbocycles. The van der Waals surface area contributed by atoms with E-state index in [1.54, 1.807) is 29.9 Å². The smallest absolute Gasteiger partial charge is 0.291 e. The van der Waals surface area contributed by atoms with Crippen LogP contribution in [0.15, 0.2) is 64.4 Å². The molecular weight excluding hydrogens is 418 g/mol. The molecule has 0 unspecified atom stereocenters. The number of rotatable bonds is 6. The van der Waals surface area contributed by atoms with Gasteiger partial charge in [-0.25, -0.2) is 18.2 Å². The minimum absolute atomic E-state index is 0.00633. The fourth-order valence-electron chi connectivity index (χ4n) is 3.60. The van der Waals surface area contributed by atoms with Gasteiger partial charge in [0.2, 0.25) is 15.9 Å². The molecule has 0 spiro atoms. The van der Waals surface area contributed by atoms with Crippen LogP contribution in [0.3, 0.4) is 0 Å². The Kier molecular flexibility index (Phi) is 5.34. The summed E-state index contributed by atoms with van der Waals surface area (Å²) in [5.41, 5.74) is 1.82.